The standard InChI is InChI=1S/C18H19N3O2/c1-12-15(16(21-23-12)13-8-4-2-5-9-13)18-20-19-17(22-18)14-10-6-3-7-11-14/h2,4-5,8-9,14H,3,6-7,10-11H2,1H3. The molecule has 4 rings (SSSR count). The lowest BCUT2D eigenvalue weighted by Gasteiger charge is -2.17. The minimum atomic E-state index is 0.394. The zero-order chi connectivity index (χ0) is 15.6. The lowest BCUT2D eigenvalue weighted by Crippen LogP contribution is -2.04. The van der Waals surface area contributed by atoms with Crippen LogP contribution in [-0.4, -0.2) is 15.4 Å². The average Bonchev–Trinajstić information content (AvgIpc) is 3.23. The van der Waals surface area contributed by atoms with Crippen LogP contribution in [0.1, 0.15) is 49.7 Å². The van der Waals surface area contributed by atoms with E-state index >= 15 is 0 Å². The number of hydrogen-bond acceptors (Lipinski definition) is 5. The monoisotopic (exact) mass is 309 g/mol. The first-order chi connectivity index (χ1) is 11.3. The van der Waals surface area contributed by atoms with Crippen LogP contribution in [0.3, 0.4) is 0 Å². The summed E-state index contributed by atoms with van der Waals surface area (Å²) in [5.41, 5.74) is 2.53. The Kier molecular flexibility index (Phi) is 3.69. The minimum absolute atomic E-state index is 0.394. The molecular formula is C18H19N3O2. The van der Waals surface area contributed by atoms with Crippen molar-refractivity contribution < 1.29 is 8.94 Å². The third kappa shape index (κ3) is 2.67. The van der Waals surface area contributed by atoms with Gasteiger partial charge < -0.3 is 8.94 Å². The van der Waals surface area contributed by atoms with E-state index in [9.17, 15) is 0 Å². The topological polar surface area (TPSA) is 65.0 Å². The molecule has 0 saturated heterocycles. The van der Waals surface area contributed by atoms with E-state index in [0.717, 1.165) is 35.6 Å². The molecule has 1 fully saturated rings. The zero-order valence-electron chi connectivity index (χ0n) is 13.2. The van der Waals surface area contributed by atoms with Gasteiger partial charge in [-0.2, -0.15) is 0 Å². The van der Waals surface area contributed by atoms with Crippen molar-refractivity contribution >= 4 is 0 Å². The van der Waals surface area contributed by atoms with Gasteiger partial charge in [0, 0.05) is 11.5 Å². The Bertz CT molecular complexity index is 786. The smallest absolute Gasteiger partial charge is 0.253 e. The first-order valence-electron chi connectivity index (χ1n) is 8.18. The highest BCUT2D eigenvalue weighted by Crippen LogP contribution is 2.36. The highest BCUT2D eigenvalue weighted by Gasteiger charge is 2.25. The summed E-state index contributed by atoms with van der Waals surface area (Å²) in [6, 6.07) is 9.93. The molecule has 5 heteroatoms. The molecule has 2 heterocycles. The van der Waals surface area contributed by atoms with E-state index < -0.39 is 0 Å². The van der Waals surface area contributed by atoms with Crippen molar-refractivity contribution in [2.24, 2.45) is 0 Å². The Hall–Kier alpha value is -2.43. The van der Waals surface area contributed by atoms with Crippen molar-refractivity contribution in [3.8, 4) is 22.7 Å². The van der Waals surface area contributed by atoms with Gasteiger partial charge in [0.2, 0.25) is 5.89 Å². The van der Waals surface area contributed by atoms with Crippen molar-refractivity contribution in [3.05, 3.63) is 42.0 Å². The summed E-state index contributed by atoms with van der Waals surface area (Å²) in [5, 5.41) is 12.7. The van der Waals surface area contributed by atoms with Crippen LogP contribution in [0.25, 0.3) is 22.7 Å². The van der Waals surface area contributed by atoms with Gasteiger partial charge in [0.25, 0.3) is 5.89 Å². The van der Waals surface area contributed by atoms with E-state index in [1.165, 1.54) is 19.3 Å². The molecule has 0 N–H and O–H groups in total. The van der Waals surface area contributed by atoms with E-state index in [1.807, 2.05) is 37.3 Å². The minimum Gasteiger partial charge on any atom is -0.420 e. The van der Waals surface area contributed by atoms with Crippen LogP contribution >= 0.6 is 0 Å². The van der Waals surface area contributed by atoms with Crippen molar-refractivity contribution in [2.45, 2.75) is 44.9 Å². The summed E-state index contributed by atoms with van der Waals surface area (Å²) in [5.74, 6) is 2.34. The first-order valence-corrected chi connectivity index (χ1v) is 8.18. The number of benzene rings is 1. The molecular weight excluding hydrogens is 290 g/mol. The fourth-order valence-corrected chi connectivity index (χ4v) is 3.27. The summed E-state index contributed by atoms with van der Waals surface area (Å²) in [6.07, 6.45) is 6.06. The van der Waals surface area contributed by atoms with Gasteiger partial charge in [-0.15, -0.1) is 10.2 Å². The fraction of sp³-hybridized carbons (Fsp3) is 0.389. The lowest BCUT2D eigenvalue weighted by atomic mass is 9.89. The molecule has 0 atom stereocenters. The highest BCUT2D eigenvalue weighted by atomic mass is 16.5. The van der Waals surface area contributed by atoms with Crippen LogP contribution in [0.15, 0.2) is 39.3 Å². The first kappa shape index (κ1) is 14.2. The Balaban J connectivity index is 1.71. The fourth-order valence-electron chi connectivity index (χ4n) is 3.27. The molecule has 0 amide bonds. The Morgan fingerprint density at radius 2 is 1.78 bits per heavy atom. The quantitative estimate of drug-likeness (QED) is 0.698. The Morgan fingerprint density at radius 1 is 1.00 bits per heavy atom. The number of aromatic nitrogens is 3. The van der Waals surface area contributed by atoms with Gasteiger partial charge >= 0.3 is 0 Å². The van der Waals surface area contributed by atoms with E-state index in [-0.39, 0.29) is 0 Å². The zero-order valence-corrected chi connectivity index (χ0v) is 13.2. The molecule has 0 radical (unpaired) electrons. The molecule has 1 aliphatic carbocycles. The van der Waals surface area contributed by atoms with E-state index in [2.05, 4.69) is 15.4 Å². The third-order valence-corrected chi connectivity index (χ3v) is 4.52. The van der Waals surface area contributed by atoms with Crippen LogP contribution in [0.2, 0.25) is 0 Å². The van der Waals surface area contributed by atoms with Crippen LogP contribution in [-0.2, 0) is 0 Å². The molecule has 23 heavy (non-hydrogen) atoms. The Labute approximate surface area is 134 Å². The van der Waals surface area contributed by atoms with Crippen molar-refractivity contribution in [2.75, 3.05) is 0 Å². The van der Waals surface area contributed by atoms with Gasteiger partial charge in [-0.3, -0.25) is 0 Å². The number of nitrogens with zero attached hydrogens (tertiary/aromatic N) is 3. The molecule has 1 aromatic carbocycles. The van der Waals surface area contributed by atoms with Gasteiger partial charge in [-0.1, -0.05) is 54.8 Å². The number of hydrogen-bond donors (Lipinski definition) is 0. The second-order valence-corrected chi connectivity index (χ2v) is 6.11. The van der Waals surface area contributed by atoms with Gasteiger partial charge in [-0.25, -0.2) is 0 Å². The van der Waals surface area contributed by atoms with Crippen molar-refractivity contribution in [1.82, 2.24) is 15.4 Å². The van der Waals surface area contributed by atoms with Crippen LogP contribution in [0.5, 0.6) is 0 Å². The predicted molar refractivity (Wildman–Crippen MR) is 85.8 cm³/mol. The van der Waals surface area contributed by atoms with E-state index in [1.54, 1.807) is 0 Å². The Morgan fingerprint density at radius 3 is 2.57 bits per heavy atom. The van der Waals surface area contributed by atoms with Crippen LogP contribution in [0, 0.1) is 6.92 Å². The van der Waals surface area contributed by atoms with Gasteiger partial charge in [-0.05, 0) is 19.8 Å². The molecule has 0 bridgehead atoms. The van der Waals surface area contributed by atoms with E-state index in [4.69, 9.17) is 8.94 Å². The molecule has 0 unspecified atom stereocenters. The molecule has 1 aliphatic rings. The normalized spacial score (nSPS) is 15.9. The van der Waals surface area contributed by atoms with Crippen molar-refractivity contribution in [1.29, 1.82) is 0 Å². The maximum atomic E-state index is 5.99. The predicted octanol–water partition coefficient (Wildman–Crippen LogP) is 4.75. The SMILES string of the molecule is Cc1onc(-c2ccccc2)c1-c1nnc(C2CCCCC2)o1. The summed E-state index contributed by atoms with van der Waals surface area (Å²) >= 11 is 0. The molecule has 2 aromatic heterocycles. The molecule has 5 nitrogen and oxygen atoms in total. The van der Waals surface area contributed by atoms with E-state index in [0.29, 0.717) is 17.6 Å². The number of aryl methyl sites for hydroxylation is 1. The molecule has 3 aromatic rings. The molecule has 118 valence electrons. The van der Waals surface area contributed by atoms with Gasteiger partial charge in [0.15, 0.2) is 0 Å². The van der Waals surface area contributed by atoms with Crippen molar-refractivity contribution in [3.63, 3.8) is 0 Å². The number of rotatable bonds is 3. The summed E-state index contributed by atoms with van der Waals surface area (Å²) in [7, 11) is 0. The second-order valence-electron chi connectivity index (χ2n) is 6.11. The average molecular weight is 309 g/mol. The van der Waals surface area contributed by atoms with Crippen LogP contribution in [0.4, 0.5) is 0 Å². The second kappa shape index (κ2) is 5.99. The maximum absolute atomic E-state index is 5.99. The third-order valence-electron chi connectivity index (χ3n) is 4.52. The molecule has 0 aliphatic heterocycles. The van der Waals surface area contributed by atoms with Gasteiger partial charge in [0.1, 0.15) is 17.0 Å². The molecule has 0 spiro atoms. The summed E-state index contributed by atoms with van der Waals surface area (Å²) in [6.45, 7) is 1.87. The molecule has 1 saturated carbocycles. The highest BCUT2D eigenvalue weighted by molar-refractivity contribution is 5.77. The van der Waals surface area contributed by atoms with Crippen LogP contribution < -0.4 is 0 Å². The summed E-state index contributed by atoms with van der Waals surface area (Å²) < 4.78 is 11.4. The summed E-state index contributed by atoms with van der Waals surface area (Å²) in [4.78, 5) is 0. The van der Waals surface area contributed by atoms with Gasteiger partial charge in [0.05, 0.1) is 0 Å². The largest absolute Gasteiger partial charge is 0.420 e. The lowest BCUT2D eigenvalue weighted by molar-refractivity contribution is 0.366. The maximum Gasteiger partial charge on any atom is 0.253 e.